The van der Waals surface area contributed by atoms with Gasteiger partial charge in [-0.1, -0.05) is 19.1 Å². The van der Waals surface area contributed by atoms with Crippen molar-refractivity contribution in [3.05, 3.63) is 35.7 Å². The summed E-state index contributed by atoms with van der Waals surface area (Å²) >= 11 is 0. The van der Waals surface area contributed by atoms with Crippen LogP contribution in [0.3, 0.4) is 0 Å². The second-order valence-electron chi connectivity index (χ2n) is 4.26. The zero-order valence-corrected chi connectivity index (χ0v) is 10.6. The van der Waals surface area contributed by atoms with E-state index in [1.54, 1.807) is 12.1 Å². The zero-order valence-electron chi connectivity index (χ0n) is 10.6. The average molecular weight is 240 g/mol. The number of aromatic nitrogens is 2. The second-order valence-corrected chi connectivity index (χ2v) is 4.26. The van der Waals surface area contributed by atoms with Gasteiger partial charge < -0.3 is 10.3 Å². The number of nitrogens with zero attached hydrogens (tertiary/aromatic N) is 3. The van der Waals surface area contributed by atoms with E-state index in [1.807, 2.05) is 23.7 Å². The highest BCUT2D eigenvalue weighted by molar-refractivity contribution is 5.71. The number of nitrogen functional groups attached to an aromatic ring is 1. The van der Waals surface area contributed by atoms with Crippen LogP contribution in [0.5, 0.6) is 0 Å². The molecule has 4 heteroatoms. The number of imidazole rings is 1. The van der Waals surface area contributed by atoms with E-state index in [0.29, 0.717) is 11.4 Å². The predicted octanol–water partition coefficient (Wildman–Crippen LogP) is 2.49. The molecule has 1 aromatic heterocycles. The molecule has 0 radical (unpaired) electrons. The summed E-state index contributed by atoms with van der Waals surface area (Å²) in [6, 6.07) is 9.43. The largest absolute Gasteiger partial charge is 0.383 e. The minimum atomic E-state index is 0.641. The first kappa shape index (κ1) is 12.2. The molecule has 1 heterocycles. The molecule has 0 amide bonds. The predicted molar refractivity (Wildman–Crippen MR) is 71.8 cm³/mol. The summed E-state index contributed by atoms with van der Waals surface area (Å²) in [6.45, 7) is 2.12. The third-order valence-electron chi connectivity index (χ3n) is 2.99. The molecule has 0 aliphatic rings. The van der Waals surface area contributed by atoms with E-state index in [1.165, 1.54) is 0 Å². The first-order valence-corrected chi connectivity index (χ1v) is 5.99. The van der Waals surface area contributed by atoms with Crippen LogP contribution in [0.25, 0.3) is 11.3 Å². The minimum Gasteiger partial charge on any atom is -0.383 e. The number of rotatable bonds is 3. The Morgan fingerprint density at radius 2 is 2.00 bits per heavy atom. The molecule has 0 spiro atoms. The molecule has 0 atom stereocenters. The number of anilines is 1. The highest BCUT2D eigenvalue weighted by Crippen LogP contribution is 2.26. The fourth-order valence-corrected chi connectivity index (χ4v) is 1.92. The molecule has 0 unspecified atom stereocenters. The van der Waals surface area contributed by atoms with E-state index >= 15 is 0 Å². The van der Waals surface area contributed by atoms with Gasteiger partial charge >= 0.3 is 0 Å². The average Bonchev–Trinajstić information content (AvgIpc) is 2.68. The number of hydrogen-bond donors (Lipinski definition) is 1. The molecule has 2 aromatic rings. The molecular formula is C14H16N4. The van der Waals surface area contributed by atoms with E-state index in [9.17, 15) is 0 Å². The van der Waals surface area contributed by atoms with Crippen molar-refractivity contribution < 1.29 is 0 Å². The Morgan fingerprint density at radius 3 is 2.56 bits per heavy atom. The lowest BCUT2D eigenvalue weighted by atomic mass is 10.1. The van der Waals surface area contributed by atoms with Gasteiger partial charge in [0.25, 0.3) is 0 Å². The van der Waals surface area contributed by atoms with Crippen LogP contribution >= 0.6 is 0 Å². The monoisotopic (exact) mass is 240 g/mol. The maximum absolute atomic E-state index is 8.78. The molecule has 18 heavy (non-hydrogen) atoms. The van der Waals surface area contributed by atoms with Crippen LogP contribution in [-0.2, 0) is 13.5 Å². The van der Waals surface area contributed by atoms with Gasteiger partial charge in [-0.05, 0) is 18.6 Å². The van der Waals surface area contributed by atoms with Gasteiger partial charge in [-0.25, -0.2) is 4.98 Å². The lowest BCUT2D eigenvalue weighted by Gasteiger charge is -2.01. The van der Waals surface area contributed by atoms with Crippen molar-refractivity contribution >= 4 is 5.82 Å². The minimum absolute atomic E-state index is 0.641. The third-order valence-corrected chi connectivity index (χ3v) is 2.99. The van der Waals surface area contributed by atoms with Crippen LogP contribution in [0.15, 0.2) is 24.3 Å². The lowest BCUT2D eigenvalue weighted by molar-refractivity contribution is 0.764. The smallest absolute Gasteiger partial charge is 0.131 e. The Bertz CT molecular complexity index is 587. The van der Waals surface area contributed by atoms with Crippen molar-refractivity contribution in [3.63, 3.8) is 0 Å². The molecule has 2 rings (SSSR count). The van der Waals surface area contributed by atoms with Gasteiger partial charge in [0.15, 0.2) is 0 Å². The topological polar surface area (TPSA) is 67.6 Å². The zero-order chi connectivity index (χ0) is 13.1. The number of benzene rings is 1. The molecule has 0 bridgehead atoms. The van der Waals surface area contributed by atoms with E-state index in [4.69, 9.17) is 11.0 Å². The molecule has 0 aliphatic heterocycles. The van der Waals surface area contributed by atoms with Crippen LogP contribution in [0, 0.1) is 11.3 Å². The van der Waals surface area contributed by atoms with Crippen LogP contribution in [0.2, 0.25) is 0 Å². The Labute approximate surface area is 107 Å². The van der Waals surface area contributed by atoms with Gasteiger partial charge in [-0.15, -0.1) is 0 Å². The van der Waals surface area contributed by atoms with Crippen LogP contribution in [-0.4, -0.2) is 9.55 Å². The van der Waals surface area contributed by atoms with Crippen LogP contribution in [0.4, 0.5) is 5.82 Å². The van der Waals surface area contributed by atoms with E-state index in [2.05, 4.69) is 18.0 Å². The first-order valence-electron chi connectivity index (χ1n) is 5.99. The summed E-state index contributed by atoms with van der Waals surface area (Å²) in [7, 11) is 1.93. The molecule has 0 aliphatic carbocycles. The summed E-state index contributed by atoms with van der Waals surface area (Å²) in [6.07, 6.45) is 1.95. The van der Waals surface area contributed by atoms with Crippen molar-refractivity contribution in [1.29, 1.82) is 5.26 Å². The first-order chi connectivity index (χ1) is 8.67. The van der Waals surface area contributed by atoms with Gasteiger partial charge in [0.05, 0.1) is 11.6 Å². The molecule has 2 N–H and O–H groups in total. The fraction of sp³-hybridized carbons (Fsp3) is 0.286. The third kappa shape index (κ3) is 2.07. The maximum Gasteiger partial charge on any atom is 0.131 e. The summed E-state index contributed by atoms with van der Waals surface area (Å²) < 4.78 is 1.93. The van der Waals surface area contributed by atoms with Crippen LogP contribution < -0.4 is 5.73 Å². The summed E-state index contributed by atoms with van der Waals surface area (Å²) in [5.41, 5.74) is 8.46. The van der Waals surface area contributed by atoms with Gasteiger partial charge in [-0.3, -0.25) is 0 Å². The molecule has 1 aromatic carbocycles. The van der Waals surface area contributed by atoms with Crippen molar-refractivity contribution in [2.24, 2.45) is 7.05 Å². The van der Waals surface area contributed by atoms with E-state index in [-0.39, 0.29) is 0 Å². The Morgan fingerprint density at radius 1 is 1.33 bits per heavy atom. The number of nitrogens with two attached hydrogens (primary N) is 1. The molecule has 4 nitrogen and oxygen atoms in total. The fourth-order valence-electron chi connectivity index (χ4n) is 1.92. The Hall–Kier alpha value is -2.28. The van der Waals surface area contributed by atoms with Crippen molar-refractivity contribution in [2.45, 2.75) is 19.8 Å². The molecule has 0 fully saturated rings. The Kier molecular flexibility index (Phi) is 3.33. The lowest BCUT2D eigenvalue weighted by Crippen LogP contribution is -2.01. The van der Waals surface area contributed by atoms with Gasteiger partial charge in [0, 0.05) is 19.0 Å². The van der Waals surface area contributed by atoms with E-state index < -0.39 is 0 Å². The quantitative estimate of drug-likeness (QED) is 0.896. The van der Waals surface area contributed by atoms with Crippen LogP contribution in [0.1, 0.15) is 24.7 Å². The number of aryl methyl sites for hydroxylation is 1. The highest BCUT2D eigenvalue weighted by Gasteiger charge is 2.12. The highest BCUT2D eigenvalue weighted by atomic mass is 15.1. The Balaban J connectivity index is 2.44. The number of nitriles is 1. The molecule has 0 saturated carbocycles. The van der Waals surface area contributed by atoms with Gasteiger partial charge in [0.1, 0.15) is 17.3 Å². The SMILES string of the molecule is CCCc1nc(-c2ccc(C#N)cc2)c(N)n1C. The summed E-state index contributed by atoms with van der Waals surface area (Å²) in [5.74, 6) is 1.66. The molecule has 92 valence electrons. The van der Waals surface area contributed by atoms with Gasteiger partial charge in [0.2, 0.25) is 0 Å². The van der Waals surface area contributed by atoms with Gasteiger partial charge in [-0.2, -0.15) is 5.26 Å². The standard InChI is InChI=1S/C14H16N4/c1-3-4-12-17-13(14(16)18(12)2)11-7-5-10(9-15)6-8-11/h5-8H,3-4,16H2,1-2H3. The van der Waals surface area contributed by atoms with Crippen molar-refractivity contribution in [3.8, 4) is 17.3 Å². The van der Waals surface area contributed by atoms with E-state index in [0.717, 1.165) is 29.9 Å². The summed E-state index contributed by atoms with van der Waals surface area (Å²) in [4.78, 5) is 4.58. The normalized spacial score (nSPS) is 10.3. The number of hydrogen-bond acceptors (Lipinski definition) is 3. The van der Waals surface area contributed by atoms with Crippen molar-refractivity contribution in [2.75, 3.05) is 5.73 Å². The maximum atomic E-state index is 8.78. The summed E-state index contributed by atoms with van der Waals surface area (Å²) in [5, 5.41) is 8.78. The van der Waals surface area contributed by atoms with Crippen molar-refractivity contribution in [1.82, 2.24) is 9.55 Å². The second kappa shape index (κ2) is 4.92. The molecular weight excluding hydrogens is 224 g/mol. The molecule has 0 saturated heterocycles.